The first kappa shape index (κ1) is 21.0. The average Bonchev–Trinajstić information content (AvgIpc) is 3.36. The maximum atomic E-state index is 12.4. The van der Waals surface area contributed by atoms with Crippen molar-refractivity contribution < 1.29 is 14.1 Å². The summed E-state index contributed by atoms with van der Waals surface area (Å²) in [4.78, 5) is 20.7. The molecule has 4 rings (SSSR count). The lowest BCUT2D eigenvalue weighted by molar-refractivity contribution is -0.903. The van der Waals surface area contributed by atoms with Crippen LogP contribution in [0.5, 0.6) is 0 Å². The molecule has 2 aliphatic rings. The van der Waals surface area contributed by atoms with E-state index in [1.807, 2.05) is 0 Å². The zero-order chi connectivity index (χ0) is 21.1. The molecule has 0 spiro atoms. The van der Waals surface area contributed by atoms with Gasteiger partial charge in [-0.15, -0.1) is 0 Å². The Kier molecular flexibility index (Phi) is 6.49. The molecule has 154 valence electrons. The van der Waals surface area contributed by atoms with Gasteiger partial charge in [0.2, 0.25) is 0 Å². The number of amides is 1. The van der Waals surface area contributed by atoms with E-state index < -0.39 is 0 Å². The third-order valence-corrected chi connectivity index (χ3v) is 6.64. The lowest BCUT2D eigenvalue weighted by atomic mass is 10.2. The molecule has 2 aromatic rings. The molecule has 1 amide bonds. The van der Waals surface area contributed by atoms with Crippen LogP contribution >= 0.6 is 35.0 Å². The van der Waals surface area contributed by atoms with Crippen molar-refractivity contribution in [3.63, 3.8) is 0 Å². The minimum Gasteiger partial charge on any atom is -0.457 e. The van der Waals surface area contributed by atoms with Crippen molar-refractivity contribution in [2.75, 3.05) is 32.7 Å². The summed E-state index contributed by atoms with van der Waals surface area (Å²) in [6.45, 7) is 4.40. The van der Waals surface area contributed by atoms with Crippen LogP contribution in [-0.2, 0) is 4.79 Å². The molecule has 1 aromatic carbocycles. The number of nitrogens with zero attached hydrogens (tertiary/aromatic N) is 3. The number of benzene rings is 1. The zero-order valence-corrected chi connectivity index (χ0v) is 18.4. The Morgan fingerprint density at radius 1 is 1.27 bits per heavy atom. The van der Waals surface area contributed by atoms with Gasteiger partial charge in [-0.1, -0.05) is 23.2 Å². The molecule has 0 bridgehead atoms. The number of rotatable bonds is 4. The van der Waals surface area contributed by atoms with Crippen LogP contribution in [0.1, 0.15) is 12.2 Å². The Bertz CT molecular complexity index is 1070. The van der Waals surface area contributed by atoms with E-state index in [1.54, 1.807) is 36.4 Å². The summed E-state index contributed by atoms with van der Waals surface area (Å²) in [5.74, 6) is 0.884. The van der Waals surface area contributed by atoms with E-state index in [9.17, 15) is 4.79 Å². The number of hydrogen-bond donors (Lipinski definition) is 1. The van der Waals surface area contributed by atoms with Crippen LogP contribution in [0.2, 0.25) is 10.0 Å². The molecular formula is C21H19Cl2N4O2S+. The number of nitriles is 1. The molecule has 3 heterocycles. The van der Waals surface area contributed by atoms with Gasteiger partial charge in [-0.25, -0.2) is 0 Å². The summed E-state index contributed by atoms with van der Waals surface area (Å²) >= 11 is 13.7. The lowest BCUT2D eigenvalue weighted by Crippen LogP contribution is -3.14. The van der Waals surface area contributed by atoms with Gasteiger partial charge in [0.15, 0.2) is 5.17 Å². The highest BCUT2D eigenvalue weighted by molar-refractivity contribution is 8.18. The number of hydrogen-bond acceptors (Lipinski definition) is 5. The number of carbonyl (C=O) groups is 1. The van der Waals surface area contributed by atoms with Crippen molar-refractivity contribution >= 4 is 52.1 Å². The van der Waals surface area contributed by atoms with E-state index in [0.29, 0.717) is 38.5 Å². The van der Waals surface area contributed by atoms with Crippen molar-refractivity contribution in [2.24, 2.45) is 4.99 Å². The van der Waals surface area contributed by atoms with Gasteiger partial charge in [-0.3, -0.25) is 4.79 Å². The molecule has 0 aliphatic carbocycles. The Labute approximate surface area is 188 Å². The summed E-state index contributed by atoms with van der Waals surface area (Å²) in [5, 5.41) is 10.6. The van der Waals surface area contributed by atoms with Crippen LogP contribution < -0.4 is 4.90 Å². The quantitative estimate of drug-likeness (QED) is 0.706. The van der Waals surface area contributed by atoms with E-state index in [4.69, 9.17) is 32.9 Å². The minimum absolute atomic E-state index is 0.256. The highest BCUT2D eigenvalue weighted by atomic mass is 35.5. The maximum Gasteiger partial charge on any atom is 0.286 e. The number of piperazine rings is 1. The number of thioether (sulfide) groups is 1. The standard InChI is InChI=1S/C21H18Cl2N4O2S/c22-14-2-4-17(23)16(12-14)18-5-3-15(29-18)13-19-20(28)25-21(30-19)27-10-8-26(9-11-27)7-1-6-24/h2-5,12-13H,1,7-11H2/p+1/b19-13+. The first-order chi connectivity index (χ1) is 14.5. The van der Waals surface area contributed by atoms with Crippen LogP contribution in [0.3, 0.4) is 0 Å². The summed E-state index contributed by atoms with van der Waals surface area (Å²) in [6, 6.07) is 11.0. The number of amidine groups is 1. The van der Waals surface area contributed by atoms with Gasteiger partial charge >= 0.3 is 0 Å². The van der Waals surface area contributed by atoms with Crippen molar-refractivity contribution in [1.29, 1.82) is 5.26 Å². The van der Waals surface area contributed by atoms with Gasteiger partial charge in [0.25, 0.3) is 5.91 Å². The summed E-state index contributed by atoms with van der Waals surface area (Å²) in [5.41, 5.74) is 0.702. The monoisotopic (exact) mass is 461 g/mol. The number of aliphatic imine (C=N–C) groups is 1. The highest BCUT2D eigenvalue weighted by Crippen LogP contribution is 2.34. The summed E-state index contributed by atoms with van der Waals surface area (Å²) < 4.78 is 5.87. The van der Waals surface area contributed by atoms with Crippen molar-refractivity contribution in [3.8, 4) is 17.4 Å². The molecule has 30 heavy (non-hydrogen) atoms. The third-order valence-electron chi connectivity index (χ3n) is 5.03. The van der Waals surface area contributed by atoms with Crippen LogP contribution in [0.15, 0.2) is 44.6 Å². The van der Waals surface area contributed by atoms with Gasteiger partial charge < -0.3 is 14.2 Å². The summed E-state index contributed by atoms with van der Waals surface area (Å²) in [6.07, 6.45) is 2.28. The molecule has 0 unspecified atom stereocenters. The first-order valence-electron chi connectivity index (χ1n) is 9.57. The van der Waals surface area contributed by atoms with Gasteiger partial charge in [0.1, 0.15) is 11.5 Å². The van der Waals surface area contributed by atoms with Crippen LogP contribution in [-0.4, -0.2) is 48.7 Å². The zero-order valence-electron chi connectivity index (χ0n) is 16.0. The lowest BCUT2D eigenvalue weighted by Gasteiger charge is -2.32. The molecule has 1 saturated heterocycles. The van der Waals surface area contributed by atoms with Crippen LogP contribution in [0.4, 0.5) is 0 Å². The van der Waals surface area contributed by atoms with E-state index in [1.165, 1.54) is 16.7 Å². The van der Waals surface area contributed by atoms with Crippen molar-refractivity contribution in [1.82, 2.24) is 4.90 Å². The fraction of sp³-hybridized carbons (Fsp3) is 0.286. The van der Waals surface area contributed by atoms with Crippen molar-refractivity contribution in [2.45, 2.75) is 6.42 Å². The second-order valence-corrected chi connectivity index (χ2v) is 8.88. The van der Waals surface area contributed by atoms with E-state index in [2.05, 4.69) is 16.0 Å². The Balaban J connectivity index is 1.42. The third kappa shape index (κ3) is 4.73. The largest absolute Gasteiger partial charge is 0.457 e. The topological polar surface area (TPSA) is 74.0 Å². The second kappa shape index (κ2) is 9.27. The number of nitrogens with one attached hydrogen (secondary N) is 1. The number of quaternary nitrogens is 1. The summed E-state index contributed by atoms with van der Waals surface area (Å²) in [7, 11) is 0. The second-order valence-electron chi connectivity index (χ2n) is 7.03. The molecular weight excluding hydrogens is 443 g/mol. The predicted octanol–water partition coefficient (Wildman–Crippen LogP) is 3.34. The maximum absolute atomic E-state index is 12.4. The smallest absolute Gasteiger partial charge is 0.286 e. The molecule has 1 aromatic heterocycles. The Morgan fingerprint density at radius 3 is 2.83 bits per heavy atom. The number of carbonyl (C=O) groups excluding carboxylic acids is 1. The fourth-order valence-electron chi connectivity index (χ4n) is 3.42. The van der Waals surface area contributed by atoms with Gasteiger partial charge in [-0.05, 0) is 42.1 Å². The molecule has 0 saturated carbocycles. The molecule has 1 N–H and O–H groups in total. The molecule has 0 atom stereocenters. The van der Waals surface area contributed by atoms with Gasteiger partial charge in [0.05, 0.1) is 55.1 Å². The fourth-order valence-corrected chi connectivity index (χ4v) is 4.75. The van der Waals surface area contributed by atoms with E-state index >= 15 is 0 Å². The number of halogens is 2. The van der Waals surface area contributed by atoms with Crippen LogP contribution in [0, 0.1) is 11.3 Å². The number of furan rings is 1. The van der Waals surface area contributed by atoms with Crippen LogP contribution in [0.25, 0.3) is 17.4 Å². The van der Waals surface area contributed by atoms with Crippen molar-refractivity contribution in [3.05, 3.63) is 51.0 Å². The molecule has 0 radical (unpaired) electrons. The average molecular weight is 462 g/mol. The Hall–Kier alpha value is -2.24. The minimum atomic E-state index is -0.256. The van der Waals surface area contributed by atoms with Gasteiger partial charge in [0, 0.05) is 16.7 Å². The molecule has 6 nitrogen and oxygen atoms in total. The molecule has 2 aliphatic heterocycles. The molecule has 1 fully saturated rings. The Morgan fingerprint density at radius 2 is 2.07 bits per heavy atom. The predicted molar refractivity (Wildman–Crippen MR) is 120 cm³/mol. The first-order valence-corrected chi connectivity index (χ1v) is 11.1. The SMILES string of the molecule is N#CCC[NH+]1CCN(C2=NC(=O)/C(=C\c3ccc(-c4cc(Cl)ccc4Cl)o3)S2)CC1. The normalized spacial score (nSPS) is 18.7. The van der Waals surface area contributed by atoms with Gasteiger partial charge in [-0.2, -0.15) is 10.3 Å². The molecule has 9 heteroatoms. The van der Waals surface area contributed by atoms with E-state index in [-0.39, 0.29) is 5.91 Å². The highest BCUT2D eigenvalue weighted by Gasteiger charge is 2.29. The van der Waals surface area contributed by atoms with E-state index in [0.717, 1.165) is 37.9 Å².